The second kappa shape index (κ2) is 11.2. The Morgan fingerprint density at radius 2 is 1.96 bits per heavy atom. The van der Waals surface area contributed by atoms with Crippen molar-refractivity contribution in [1.82, 2.24) is 5.32 Å². The number of nitrogens with one attached hydrogen (secondary N) is 1. The number of amides is 1. The van der Waals surface area contributed by atoms with Crippen molar-refractivity contribution in [3.8, 4) is 0 Å². The van der Waals surface area contributed by atoms with Gasteiger partial charge in [0, 0.05) is 17.2 Å². The van der Waals surface area contributed by atoms with Crippen molar-refractivity contribution in [3.63, 3.8) is 0 Å². The summed E-state index contributed by atoms with van der Waals surface area (Å²) in [5, 5.41) is 1.81. The Balaban J connectivity index is 0.00000151. The lowest BCUT2D eigenvalue weighted by molar-refractivity contribution is -0.173. The summed E-state index contributed by atoms with van der Waals surface area (Å²) in [4.78, 5) is 11.8. The fourth-order valence-corrected chi connectivity index (χ4v) is 3.70. The van der Waals surface area contributed by atoms with Crippen LogP contribution >= 0.6 is 11.8 Å². The first-order chi connectivity index (χ1) is 11.9. The van der Waals surface area contributed by atoms with Crippen LogP contribution in [0.2, 0.25) is 0 Å². The summed E-state index contributed by atoms with van der Waals surface area (Å²) >= 11 is 1.83. The van der Waals surface area contributed by atoms with Crippen molar-refractivity contribution in [3.05, 3.63) is 35.9 Å². The first-order valence-electron chi connectivity index (χ1n) is 8.69. The molecule has 0 aromatic heterocycles. The summed E-state index contributed by atoms with van der Waals surface area (Å²) in [6.45, 7) is 3.86. The highest BCUT2D eigenvalue weighted by molar-refractivity contribution is 7.99. The number of hydrogen-bond acceptors (Lipinski definition) is 2. The summed E-state index contributed by atoms with van der Waals surface area (Å²) in [5.74, 6) is 0.00855. The molecule has 0 saturated heterocycles. The SMILES string of the molecule is CC.O=C(NC/C=C/c1cccc(SCC2CCCC2)c1)C(F)(F)F. The molecule has 1 amide bonds. The Morgan fingerprint density at radius 3 is 2.60 bits per heavy atom. The van der Waals surface area contributed by atoms with Crippen LogP contribution in [-0.2, 0) is 4.79 Å². The maximum atomic E-state index is 12.0. The predicted molar refractivity (Wildman–Crippen MR) is 98.6 cm³/mol. The Hall–Kier alpha value is -1.43. The second-order valence-electron chi connectivity index (χ2n) is 5.64. The van der Waals surface area contributed by atoms with E-state index in [1.807, 2.05) is 55.2 Å². The molecule has 0 atom stereocenters. The molecule has 1 aromatic rings. The van der Waals surface area contributed by atoms with Gasteiger partial charge in [0.2, 0.25) is 0 Å². The van der Waals surface area contributed by atoms with E-state index >= 15 is 0 Å². The molecule has 140 valence electrons. The largest absolute Gasteiger partial charge is 0.471 e. The van der Waals surface area contributed by atoms with Crippen LogP contribution in [0.5, 0.6) is 0 Å². The molecule has 1 aromatic carbocycles. The minimum atomic E-state index is -4.83. The molecular weight excluding hydrogens is 347 g/mol. The van der Waals surface area contributed by atoms with Gasteiger partial charge in [0.25, 0.3) is 0 Å². The van der Waals surface area contributed by atoms with Gasteiger partial charge in [0.05, 0.1) is 0 Å². The normalized spacial score (nSPS) is 15.1. The number of benzene rings is 1. The average molecular weight is 373 g/mol. The van der Waals surface area contributed by atoms with Crippen molar-refractivity contribution >= 4 is 23.7 Å². The molecule has 1 N–H and O–H groups in total. The van der Waals surface area contributed by atoms with E-state index in [1.165, 1.54) is 36.7 Å². The molecule has 0 radical (unpaired) electrons. The molecule has 0 heterocycles. The lowest BCUT2D eigenvalue weighted by atomic mass is 10.1. The van der Waals surface area contributed by atoms with Gasteiger partial charge >= 0.3 is 12.1 Å². The molecule has 1 aliphatic carbocycles. The molecule has 6 heteroatoms. The molecule has 0 aliphatic heterocycles. The predicted octanol–water partition coefficient (Wildman–Crippen LogP) is 5.69. The number of thioether (sulfide) groups is 1. The monoisotopic (exact) mass is 373 g/mol. The van der Waals surface area contributed by atoms with E-state index < -0.39 is 12.1 Å². The van der Waals surface area contributed by atoms with Crippen LogP contribution in [0.25, 0.3) is 6.08 Å². The van der Waals surface area contributed by atoms with Gasteiger partial charge in [-0.15, -0.1) is 11.8 Å². The zero-order valence-electron chi connectivity index (χ0n) is 14.7. The highest BCUT2D eigenvalue weighted by Gasteiger charge is 2.37. The van der Waals surface area contributed by atoms with Crippen LogP contribution in [-0.4, -0.2) is 24.4 Å². The highest BCUT2D eigenvalue weighted by atomic mass is 32.2. The average Bonchev–Trinajstić information content (AvgIpc) is 3.11. The molecule has 25 heavy (non-hydrogen) atoms. The Labute approximate surface area is 152 Å². The lowest BCUT2D eigenvalue weighted by Crippen LogP contribution is -2.36. The third kappa shape index (κ3) is 8.47. The van der Waals surface area contributed by atoms with Crippen molar-refractivity contribution in [2.24, 2.45) is 5.92 Å². The van der Waals surface area contributed by atoms with Gasteiger partial charge in [-0.05, 0) is 36.5 Å². The van der Waals surface area contributed by atoms with Gasteiger partial charge in [-0.3, -0.25) is 4.79 Å². The second-order valence-corrected chi connectivity index (χ2v) is 6.74. The van der Waals surface area contributed by atoms with Crippen LogP contribution in [0, 0.1) is 5.92 Å². The Morgan fingerprint density at radius 1 is 1.28 bits per heavy atom. The van der Waals surface area contributed by atoms with Crippen molar-refractivity contribution in [2.75, 3.05) is 12.3 Å². The van der Waals surface area contributed by atoms with E-state index in [0.29, 0.717) is 0 Å². The molecule has 0 bridgehead atoms. The molecular formula is C19H26F3NOS. The van der Waals surface area contributed by atoms with E-state index in [0.717, 1.165) is 17.2 Å². The Kier molecular flexibility index (Phi) is 9.71. The van der Waals surface area contributed by atoms with Crippen LogP contribution < -0.4 is 5.32 Å². The lowest BCUT2D eigenvalue weighted by Gasteiger charge is -2.08. The van der Waals surface area contributed by atoms with Crippen molar-refractivity contribution < 1.29 is 18.0 Å². The van der Waals surface area contributed by atoms with Crippen LogP contribution in [0.15, 0.2) is 35.2 Å². The van der Waals surface area contributed by atoms with Crippen LogP contribution in [0.1, 0.15) is 45.1 Å². The van der Waals surface area contributed by atoms with Gasteiger partial charge in [-0.2, -0.15) is 13.2 Å². The van der Waals surface area contributed by atoms with E-state index in [2.05, 4.69) is 0 Å². The minimum absolute atomic E-state index is 0.141. The molecule has 1 aliphatic rings. The number of halogens is 3. The summed E-state index contributed by atoms with van der Waals surface area (Å²) in [7, 11) is 0. The Bertz CT molecular complexity index is 552. The number of carbonyl (C=O) groups is 1. The molecule has 1 saturated carbocycles. The van der Waals surface area contributed by atoms with Gasteiger partial charge in [-0.25, -0.2) is 0 Å². The first kappa shape index (κ1) is 21.6. The number of hydrogen-bond donors (Lipinski definition) is 1. The van der Waals surface area contributed by atoms with Gasteiger partial charge < -0.3 is 5.32 Å². The topological polar surface area (TPSA) is 29.1 Å². The summed E-state index contributed by atoms with van der Waals surface area (Å²) in [6, 6.07) is 7.89. The third-order valence-corrected chi connectivity index (χ3v) is 4.99. The van der Waals surface area contributed by atoms with Crippen molar-refractivity contribution in [2.45, 2.75) is 50.6 Å². The molecule has 0 unspecified atom stereocenters. The van der Waals surface area contributed by atoms with E-state index in [4.69, 9.17) is 0 Å². The minimum Gasteiger partial charge on any atom is -0.345 e. The molecule has 1 fully saturated rings. The van der Waals surface area contributed by atoms with E-state index in [-0.39, 0.29) is 6.54 Å². The number of alkyl halides is 3. The number of rotatable bonds is 6. The number of carbonyl (C=O) groups excluding carboxylic acids is 1. The van der Waals surface area contributed by atoms with Gasteiger partial charge in [0.15, 0.2) is 0 Å². The zero-order valence-corrected chi connectivity index (χ0v) is 15.6. The highest BCUT2D eigenvalue weighted by Crippen LogP contribution is 2.31. The third-order valence-electron chi connectivity index (χ3n) is 3.77. The van der Waals surface area contributed by atoms with Gasteiger partial charge in [0.1, 0.15) is 0 Å². The summed E-state index contributed by atoms with van der Waals surface area (Å²) in [5.41, 5.74) is 0.919. The summed E-state index contributed by atoms with van der Waals surface area (Å²) in [6.07, 6.45) is 3.69. The molecule has 0 spiro atoms. The maximum Gasteiger partial charge on any atom is 0.471 e. The van der Waals surface area contributed by atoms with Crippen molar-refractivity contribution in [1.29, 1.82) is 0 Å². The van der Waals surface area contributed by atoms with E-state index in [9.17, 15) is 18.0 Å². The fourth-order valence-electron chi connectivity index (χ4n) is 2.55. The molecule has 2 rings (SSSR count). The standard InChI is InChI=1S/C17H20F3NOS.C2H6/c18-17(19,20)16(22)21-10-4-8-13-7-3-9-15(11-13)23-12-14-5-1-2-6-14;1-2/h3-4,7-9,11,14H,1-2,5-6,10,12H2,(H,21,22);1-2H3/b8-4+;. The zero-order chi connectivity index (χ0) is 18.7. The fraction of sp³-hybridized carbons (Fsp3) is 0.526. The summed E-state index contributed by atoms with van der Waals surface area (Å²) < 4.78 is 36.1. The smallest absolute Gasteiger partial charge is 0.345 e. The van der Waals surface area contributed by atoms with Crippen LogP contribution in [0.3, 0.4) is 0 Å². The maximum absolute atomic E-state index is 12.0. The molecule has 2 nitrogen and oxygen atoms in total. The van der Waals surface area contributed by atoms with Crippen LogP contribution in [0.4, 0.5) is 13.2 Å². The van der Waals surface area contributed by atoms with E-state index in [1.54, 1.807) is 6.08 Å². The quantitative estimate of drug-likeness (QED) is 0.649. The first-order valence-corrected chi connectivity index (χ1v) is 9.68. The van der Waals surface area contributed by atoms with Gasteiger partial charge in [-0.1, -0.05) is 51.0 Å².